The smallest absolute Gasteiger partial charge is 0.131 e. The Kier molecular flexibility index (Phi) is 5.29. The van der Waals surface area contributed by atoms with E-state index in [0.29, 0.717) is 28.0 Å². The summed E-state index contributed by atoms with van der Waals surface area (Å²) in [5.41, 5.74) is 0.586. The molecule has 1 aromatic heterocycles. The van der Waals surface area contributed by atoms with E-state index in [1.165, 1.54) is 6.20 Å². The first-order valence-electron chi connectivity index (χ1n) is 6.39. The van der Waals surface area contributed by atoms with Gasteiger partial charge in [-0.05, 0) is 30.7 Å². The zero-order chi connectivity index (χ0) is 14.5. The fourth-order valence-electron chi connectivity index (χ4n) is 1.88. The molecule has 0 radical (unpaired) electrons. The van der Waals surface area contributed by atoms with E-state index in [4.69, 9.17) is 27.9 Å². The maximum atomic E-state index is 10.2. The minimum Gasteiger partial charge on any atom is -0.490 e. The largest absolute Gasteiger partial charge is 0.490 e. The third kappa shape index (κ3) is 3.66. The summed E-state index contributed by atoms with van der Waals surface area (Å²) in [6.07, 6.45) is 1.63. The second-order valence-corrected chi connectivity index (χ2v) is 5.23. The van der Waals surface area contributed by atoms with Gasteiger partial charge in [-0.15, -0.1) is 0 Å². The van der Waals surface area contributed by atoms with Crippen LogP contribution in [-0.4, -0.2) is 21.5 Å². The third-order valence-corrected chi connectivity index (χ3v) is 3.35. The van der Waals surface area contributed by atoms with Gasteiger partial charge in [0.25, 0.3) is 0 Å². The lowest BCUT2D eigenvalue weighted by Gasteiger charge is -2.15. The van der Waals surface area contributed by atoms with Crippen molar-refractivity contribution in [2.45, 2.75) is 26.0 Å². The molecule has 1 atom stereocenters. The molecule has 6 heteroatoms. The second-order valence-electron chi connectivity index (χ2n) is 4.38. The van der Waals surface area contributed by atoms with Crippen LogP contribution in [0.25, 0.3) is 0 Å². The summed E-state index contributed by atoms with van der Waals surface area (Å²) in [6.45, 7) is 2.85. The lowest BCUT2D eigenvalue weighted by molar-refractivity contribution is 0.100. The average Bonchev–Trinajstić information content (AvgIpc) is 2.79. The van der Waals surface area contributed by atoms with E-state index >= 15 is 0 Å². The zero-order valence-corrected chi connectivity index (χ0v) is 12.6. The van der Waals surface area contributed by atoms with Crippen molar-refractivity contribution in [2.24, 2.45) is 0 Å². The minimum absolute atomic E-state index is 0.108. The number of hydrogen-bond donors (Lipinski definition) is 1. The zero-order valence-electron chi connectivity index (χ0n) is 11.1. The van der Waals surface area contributed by atoms with Crippen molar-refractivity contribution < 1.29 is 9.84 Å². The van der Waals surface area contributed by atoms with E-state index in [1.807, 2.05) is 6.92 Å². The predicted molar refractivity (Wildman–Crippen MR) is 79.4 cm³/mol. The van der Waals surface area contributed by atoms with Crippen LogP contribution < -0.4 is 4.74 Å². The number of ether oxygens (including phenoxy) is 1. The summed E-state index contributed by atoms with van der Waals surface area (Å²) < 4.78 is 7.23. The SMILES string of the molecule is CCCn1ncc(Cl)c1C(O)COc1ccc(Cl)cc1. The topological polar surface area (TPSA) is 47.3 Å². The summed E-state index contributed by atoms with van der Waals surface area (Å²) >= 11 is 11.9. The number of aromatic nitrogens is 2. The molecule has 0 saturated carbocycles. The van der Waals surface area contributed by atoms with E-state index in [1.54, 1.807) is 28.9 Å². The predicted octanol–water partition coefficient (Wildman–Crippen LogP) is 3.71. The summed E-state index contributed by atoms with van der Waals surface area (Å²) in [7, 11) is 0. The van der Waals surface area contributed by atoms with Gasteiger partial charge in [-0.3, -0.25) is 4.68 Å². The van der Waals surface area contributed by atoms with Crippen molar-refractivity contribution in [1.82, 2.24) is 9.78 Å². The Morgan fingerprint density at radius 3 is 2.65 bits per heavy atom. The molecule has 1 aromatic carbocycles. The quantitative estimate of drug-likeness (QED) is 0.884. The molecule has 20 heavy (non-hydrogen) atoms. The Hall–Kier alpha value is -1.23. The Labute approximate surface area is 127 Å². The summed E-state index contributed by atoms with van der Waals surface area (Å²) in [5, 5.41) is 15.5. The highest BCUT2D eigenvalue weighted by Crippen LogP contribution is 2.24. The first-order valence-corrected chi connectivity index (χ1v) is 7.15. The van der Waals surface area contributed by atoms with E-state index in [-0.39, 0.29) is 6.61 Å². The lowest BCUT2D eigenvalue weighted by atomic mass is 10.2. The summed E-state index contributed by atoms with van der Waals surface area (Å²) in [6, 6.07) is 6.97. The van der Waals surface area contributed by atoms with Crippen LogP contribution in [0.15, 0.2) is 30.5 Å². The van der Waals surface area contributed by atoms with E-state index in [0.717, 1.165) is 6.42 Å². The monoisotopic (exact) mass is 314 g/mol. The Bertz CT molecular complexity index is 555. The maximum absolute atomic E-state index is 10.2. The van der Waals surface area contributed by atoms with E-state index in [9.17, 15) is 5.11 Å². The molecule has 0 spiro atoms. The van der Waals surface area contributed by atoms with Crippen molar-refractivity contribution in [3.8, 4) is 5.75 Å². The Morgan fingerprint density at radius 1 is 1.30 bits per heavy atom. The van der Waals surface area contributed by atoms with Gasteiger partial charge in [-0.1, -0.05) is 30.1 Å². The van der Waals surface area contributed by atoms with Crippen LogP contribution >= 0.6 is 23.2 Å². The first-order chi connectivity index (χ1) is 9.61. The average molecular weight is 315 g/mol. The number of hydrogen-bond acceptors (Lipinski definition) is 3. The van der Waals surface area contributed by atoms with Gasteiger partial charge in [0.05, 0.1) is 16.9 Å². The number of aliphatic hydroxyl groups excluding tert-OH is 1. The molecule has 1 heterocycles. The van der Waals surface area contributed by atoms with Gasteiger partial charge >= 0.3 is 0 Å². The minimum atomic E-state index is -0.827. The van der Waals surface area contributed by atoms with E-state index in [2.05, 4.69) is 5.10 Å². The summed E-state index contributed by atoms with van der Waals surface area (Å²) in [4.78, 5) is 0. The van der Waals surface area contributed by atoms with Crippen LogP contribution in [0.5, 0.6) is 5.75 Å². The van der Waals surface area contributed by atoms with Gasteiger partial charge in [-0.2, -0.15) is 5.10 Å². The molecule has 0 aliphatic heterocycles. The lowest BCUT2D eigenvalue weighted by Crippen LogP contribution is -2.15. The van der Waals surface area contributed by atoms with Crippen molar-refractivity contribution in [1.29, 1.82) is 0 Å². The van der Waals surface area contributed by atoms with Gasteiger partial charge in [0.15, 0.2) is 0 Å². The molecule has 0 aliphatic carbocycles. The number of nitrogens with zero attached hydrogens (tertiary/aromatic N) is 2. The number of aryl methyl sites for hydroxylation is 1. The van der Waals surface area contributed by atoms with Gasteiger partial charge in [0.1, 0.15) is 18.5 Å². The molecule has 0 fully saturated rings. The Balaban J connectivity index is 2.02. The maximum Gasteiger partial charge on any atom is 0.131 e. The number of aliphatic hydroxyl groups is 1. The van der Waals surface area contributed by atoms with Gasteiger partial charge in [-0.25, -0.2) is 0 Å². The standard InChI is InChI=1S/C14H16Cl2N2O2/c1-2-7-18-14(12(16)8-17-18)13(19)9-20-11-5-3-10(15)4-6-11/h3-6,8,13,19H,2,7,9H2,1H3. The van der Waals surface area contributed by atoms with Crippen LogP contribution in [0.1, 0.15) is 25.1 Å². The van der Waals surface area contributed by atoms with E-state index < -0.39 is 6.10 Å². The first kappa shape index (κ1) is 15.2. The number of benzene rings is 1. The number of rotatable bonds is 6. The molecule has 4 nitrogen and oxygen atoms in total. The molecule has 0 saturated heterocycles. The van der Waals surface area contributed by atoms with Gasteiger partial charge in [0.2, 0.25) is 0 Å². The summed E-state index contributed by atoms with van der Waals surface area (Å²) in [5.74, 6) is 0.645. The molecular formula is C14H16Cl2N2O2. The van der Waals surface area contributed by atoms with Crippen molar-refractivity contribution in [3.63, 3.8) is 0 Å². The molecule has 0 bridgehead atoms. The molecule has 0 amide bonds. The van der Waals surface area contributed by atoms with Gasteiger partial charge in [0, 0.05) is 11.6 Å². The molecular weight excluding hydrogens is 299 g/mol. The number of halogens is 2. The molecule has 2 rings (SSSR count). The highest BCUT2D eigenvalue weighted by Gasteiger charge is 2.18. The van der Waals surface area contributed by atoms with Crippen LogP contribution in [0.3, 0.4) is 0 Å². The second kappa shape index (κ2) is 6.97. The van der Waals surface area contributed by atoms with Crippen LogP contribution in [0, 0.1) is 0 Å². The van der Waals surface area contributed by atoms with Crippen molar-refractivity contribution in [3.05, 3.63) is 46.2 Å². The van der Waals surface area contributed by atoms with Crippen molar-refractivity contribution >= 4 is 23.2 Å². The Morgan fingerprint density at radius 2 is 2.00 bits per heavy atom. The molecule has 108 valence electrons. The van der Waals surface area contributed by atoms with Crippen LogP contribution in [0.4, 0.5) is 0 Å². The molecule has 1 N–H and O–H groups in total. The fraction of sp³-hybridized carbons (Fsp3) is 0.357. The van der Waals surface area contributed by atoms with Crippen LogP contribution in [-0.2, 0) is 6.54 Å². The van der Waals surface area contributed by atoms with Crippen molar-refractivity contribution in [2.75, 3.05) is 6.61 Å². The normalized spacial score (nSPS) is 12.4. The van der Waals surface area contributed by atoms with Crippen LogP contribution in [0.2, 0.25) is 10.0 Å². The molecule has 2 aromatic rings. The fourth-order valence-corrected chi connectivity index (χ4v) is 2.27. The highest BCUT2D eigenvalue weighted by atomic mass is 35.5. The third-order valence-electron chi connectivity index (χ3n) is 2.81. The molecule has 1 unspecified atom stereocenters. The highest BCUT2D eigenvalue weighted by molar-refractivity contribution is 6.31. The molecule has 0 aliphatic rings. The van der Waals surface area contributed by atoms with Gasteiger partial charge < -0.3 is 9.84 Å².